The minimum atomic E-state index is 0.000225. The summed E-state index contributed by atoms with van der Waals surface area (Å²) in [6.07, 6.45) is 2.51. The van der Waals surface area contributed by atoms with Crippen LogP contribution in [0.2, 0.25) is 0 Å². The van der Waals surface area contributed by atoms with Gasteiger partial charge < -0.3 is 10.0 Å². The number of rotatable bonds is 4. The molecule has 3 nitrogen and oxygen atoms in total. The average molecular weight is 250 g/mol. The van der Waals surface area contributed by atoms with Gasteiger partial charge in [0.05, 0.1) is 4.83 Å². The molecule has 1 heterocycles. The van der Waals surface area contributed by atoms with Gasteiger partial charge in [0, 0.05) is 19.2 Å². The number of carbonyl (C=O) groups excluding carboxylic acids is 1. The highest BCUT2D eigenvalue weighted by Crippen LogP contribution is 2.22. The summed E-state index contributed by atoms with van der Waals surface area (Å²) in [6, 6.07) is 0.222. The minimum Gasteiger partial charge on any atom is -0.396 e. The molecule has 0 bridgehead atoms. The normalized spacial score (nSPS) is 25.3. The van der Waals surface area contributed by atoms with E-state index in [-0.39, 0.29) is 23.4 Å². The van der Waals surface area contributed by atoms with Crippen molar-refractivity contribution in [3.05, 3.63) is 0 Å². The zero-order chi connectivity index (χ0) is 9.84. The number of alkyl halides is 1. The maximum absolute atomic E-state index is 11.6. The topological polar surface area (TPSA) is 40.5 Å². The van der Waals surface area contributed by atoms with E-state index in [1.54, 1.807) is 0 Å². The van der Waals surface area contributed by atoms with Crippen molar-refractivity contribution in [3.8, 4) is 0 Å². The molecule has 1 fully saturated rings. The second kappa shape index (κ2) is 4.96. The fraction of sp³-hybridized carbons (Fsp3) is 0.889. The summed E-state index contributed by atoms with van der Waals surface area (Å²) in [5, 5.41) is 8.83. The van der Waals surface area contributed by atoms with E-state index in [9.17, 15) is 4.79 Å². The van der Waals surface area contributed by atoms with E-state index >= 15 is 0 Å². The highest BCUT2D eigenvalue weighted by atomic mass is 79.9. The van der Waals surface area contributed by atoms with Gasteiger partial charge in [-0.1, -0.05) is 22.9 Å². The van der Waals surface area contributed by atoms with Crippen LogP contribution in [0.5, 0.6) is 0 Å². The first-order valence-electron chi connectivity index (χ1n) is 4.76. The highest BCUT2D eigenvalue weighted by molar-refractivity contribution is 9.10. The molecule has 0 aromatic heterocycles. The van der Waals surface area contributed by atoms with Crippen molar-refractivity contribution in [2.24, 2.45) is 0 Å². The number of hydrogen-bond acceptors (Lipinski definition) is 2. The zero-order valence-corrected chi connectivity index (χ0v) is 9.46. The Labute approximate surface area is 87.2 Å². The molecule has 0 radical (unpaired) electrons. The first kappa shape index (κ1) is 11.0. The van der Waals surface area contributed by atoms with Crippen LogP contribution in [0.3, 0.4) is 0 Å². The SMILES string of the molecule is CCC(CCO)N1CCC(Br)C1=O. The van der Waals surface area contributed by atoms with Gasteiger partial charge in [-0.05, 0) is 19.3 Å². The van der Waals surface area contributed by atoms with E-state index in [1.807, 2.05) is 4.90 Å². The Balaban J connectivity index is 2.54. The van der Waals surface area contributed by atoms with Crippen molar-refractivity contribution in [1.29, 1.82) is 0 Å². The minimum absolute atomic E-state index is 0.000225. The van der Waals surface area contributed by atoms with Gasteiger partial charge in [-0.3, -0.25) is 4.79 Å². The molecule has 76 valence electrons. The third kappa shape index (κ3) is 2.44. The van der Waals surface area contributed by atoms with Crippen LogP contribution in [0.1, 0.15) is 26.2 Å². The van der Waals surface area contributed by atoms with E-state index < -0.39 is 0 Å². The number of aliphatic hydroxyl groups is 1. The molecule has 2 unspecified atom stereocenters. The molecule has 0 saturated carbocycles. The van der Waals surface area contributed by atoms with Crippen LogP contribution < -0.4 is 0 Å². The average Bonchev–Trinajstić information content (AvgIpc) is 2.45. The number of halogens is 1. The molecule has 0 aliphatic carbocycles. The molecule has 1 rings (SSSR count). The molecule has 1 aliphatic rings. The maximum atomic E-state index is 11.6. The molecule has 13 heavy (non-hydrogen) atoms. The van der Waals surface area contributed by atoms with Gasteiger partial charge in [-0.25, -0.2) is 0 Å². The van der Waals surface area contributed by atoms with Crippen molar-refractivity contribution >= 4 is 21.8 Å². The van der Waals surface area contributed by atoms with Crippen molar-refractivity contribution in [2.75, 3.05) is 13.2 Å². The predicted octanol–water partition coefficient (Wildman–Crippen LogP) is 1.14. The van der Waals surface area contributed by atoms with Crippen LogP contribution in [0, 0.1) is 0 Å². The first-order chi connectivity index (χ1) is 6.20. The highest BCUT2D eigenvalue weighted by Gasteiger charge is 2.33. The quantitative estimate of drug-likeness (QED) is 0.760. The molecule has 1 aliphatic heterocycles. The summed E-state index contributed by atoms with van der Waals surface area (Å²) in [6.45, 7) is 3.04. The van der Waals surface area contributed by atoms with E-state index in [0.717, 1.165) is 19.4 Å². The fourth-order valence-corrected chi connectivity index (χ4v) is 2.23. The standard InChI is InChI=1S/C9H16BrNO2/c1-2-7(4-6-12)11-5-3-8(10)9(11)13/h7-8,12H,2-6H2,1H3. The Morgan fingerprint density at radius 2 is 2.46 bits per heavy atom. The van der Waals surface area contributed by atoms with Gasteiger partial charge in [0.1, 0.15) is 0 Å². The number of amides is 1. The van der Waals surface area contributed by atoms with Crippen molar-refractivity contribution in [3.63, 3.8) is 0 Å². The lowest BCUT2D eigenvalue weighted by atomic mass is 10.1. The van der Waals surface area contributed by atoms with Gasteiger partial charge in [0.2, 0.25) is 5.91 Å². The summed E-state index contributed by atoms with van der Waals surface area (Å²) in [7, 11) is 0. The lowest BCUT2D eigenvalue weighted by molar-refractivity contribution is -0.129. The molecule has 1 N–H and O–H groups in total. The number of likely N-dealkylation sites (tertiary alicyclic amines) is 1. The third-order valence-corrected chi connectivity index (χ3v) is 3.40. The van der Waals surface area contributed by atoms with E-state index in [4.69, 9.17) is 5.11 Å². The summed E-state index contributed by atoms with van der Waals surface area (Å²) < 4.78 is 0. The molecule has 4 heteroatoms. The fourth-order valence-electron chi connectivity index (χ4n) is 1.76. The van der Waals surface area contributed by atoms with E-state index in [2.05, 4.69) is 22.9 Å². The van der Waals surface area contributed by atoms with E-state index in [1.165, 1.54) is 0 Å². The van der Waals surface area contributed by atoms with E-state index in [0.29, 0.717) is 6.42 Å². The van der Waals surface area contributed by atoms with Crippen LogP contribution in [0.15, 0.2) is 0 Å². The first-order valence-corrected chi connectivity index (χ1v) is 5.67. The number of carbonyl (C=O) groups is 1. The van der Waals surface area contributed by atoms with Gasteiger partial charge in [0.25, 0.3) is 0 Å². The Morgan fingerprint density at radius 3 is 2.85 bits per heavy atom. The lowest BCUT2D eigenvalue weighted by Gasteiger charge is -2.26. The summed E-state index contributed by atoms with van der Waals surface area (Å²) >= 11 is 3.34. The van der Waals surface area contributed by atoms with Gasteiger partial charge in [0.15, 0.2) is 0 Å². The second-order valence-electron chi connectivity index (χ2n) is 3.36. The molecule has 0 spiro atoms. The third-order valence-electron chi connectivity index (χ3n) is 2.55. The van der Waals surface area contributed by atoms with Gasteiger partial charge >= 0.3 is 0 Å². The molecule has 0 aromatic rings. The molecule has 1 amide bonds. The largest absolute Gasteiger partial charge is 0.396 e. The Kier molecular flexibility index (Phi) is 4.19. The van der Waals surface area contributed by atoms with Crippen LogP contribution in [-0.2, 0) is 4.79 Å². The van der Waals surface area contributed by atoms with Crippen molar-refractivity contribution < 1.29 is 9.90 Å². The van der Waals surface area contributed by atoms with Gasteiger partial charge in [-0.15, -0.1) is 0 Å². The zero-order valence-electron chi connectivity index (χ0n) is 7.87. The number of hydrogen-bond donors (Lipinski definition) is 1. The second-order valence-corrected chi connectivity index (χ2v) is 4.47. The smallest absolute Gasteiger partial charge is 0.236 e. The number of aliphatic hydroxyl groups excluding tert-OH is 1. The molecule has 2 atom stereocenters. The van der Waals surface area contributed by atoms with Crippen LogP contribution in [0.25, 0.3) is 0 Å². The summed E-state index contributed by atoms with van der Waals surface area (Å²) in [4.78, 5) is 13.5. The molecular formula is C9H16BrNO2. The van der Waals surface area contributed by atoms with Crippen molar-refractivity contribution in [2.45, 2.75) is 37.1 Å². The van der Waals surface area contributed by atoms with Crippen molar-refractivity contribution in [1.82, 2.24) is 4.90 Å². The monoisotopic (exact) mass is 249 g/mol. The molecular weight excluding hydrogens is 234 g/mol. The van der Waals surface area contributed by atoms with Crippen LogP contribution in [0.4, 0.5) is 0 Å². The Bertz CT molecular complexity index is 186. The number of nitrogens with zero attached hydrogens (tertiary/aromatic N) is 1. The van der Waals surface area contributed by atoms with Crippen LogP contribution >= 0.6 is 15.9 Å². The predicted molar refractivity (Wildman–Crippen MR) is 54.8 cm³/mol. The Hall–Kier alpha value is -0.0900. The molecule has 0 aromatic carbocycles. The summed E-state index contributed by atoms with van der Waals surface area (Å²) in [5.74, 6) is 0.181. The maximum Gasteiger partial charge on any atom is 0.236 e. The van der Waals surface area contributed by atoms with Gasteiger partial charge in [-0.2, -0.15) is 0 Å². The molecule has 1 saturated heterocycles. The summed E-state index contributed by atoms with van der Waals surface area (Å²) in [5.41, 5.74) is 0. The lowest BCUT2D eigenvalue weighted by Crippen LogP contribution is -2.38. The Morgan fingerprint density at radius 1 is 1.77 bits per heavy atom. The van der Waals surface area contributed by atoms with Crippen LogP contribution in [-0.4, -0.2) is 39.9 Å².